The van der Waals surface area contributed by atoms with E-state index in [0.29, 0.717) is 11.3 Å². The van der Waals surface area contributed by atoms with Crippen LogP contribution in [0.2, 0.25) is 0 Å². The molecule has 2 aliphatic heterocycles. The summed E-state index contributed by atoms with van der Waals surface area (Å²) in [5.41, 5.74) is 6.06. The smallest absolute Gasteiger partial charge is 0.352 e. The van der Waals surface area contributed by atoms with Crippen LogP contribution in [0.1, 0.15) is 12.6 Å². The quantitative estimate of drug-likeness (QED) is 0.179. The Labute approximate surface area is 179 Å². The number of carboxylic acid groups (broad SMARTS) is 1. The number of hydrogen-bond donors (Lipinski definition) is 3. The fraction of sp³-hybridized carbons (Fsp3) is 0.278. The van der Waals surface area contributed by atoms with Gasteiger partial charge in [0.2, 0.25) is 0 Å². The molecule has 0 aromatic carbocycles. The minimum Gasteiger partial charge on any atom is -0.477 e. The molecule has 156 valence electrons. The molecule has 3 heterocycles. The number of thiazole rings is 1. The van der Waals surface area contributed by atoms with Crippen LogP contribution in [0.4, 0.5) is 5.13 Å². The molecule has 10 nitrogen and oxygen atoms in total. The molecule has 2 amide bonds. The van der Waals surface area contributed by atoms with Crippen molar-refractivity contribution in [1.29, 1.82) is 0 Å². The number of carbonyl (C=O) groups excluding carboxylic acids is 2. The number of β-lactam (4-membered cyclic amide) rings is 1. The number of anilines is 1. The van der Waals surface area contributed by atoms with Gasteiger partial charge in [0.1, 0.15) is 22.8 Å². The van der Waals surface area contributed by atoms with Crippen molar-refractivity contribution in [3.8, 4) is 12.3 Å². The van der Waals surface area contributed by atoms with Crippen molar-refractivity contribution in [2.45, 2.75) is 18.3 Å². The number of carboxylic acids is 1. The highest BCUT2D eigenvalue weighted by molar-refractivity contribution is 8.00. The maximum Gasteiger partial charge on any atom is 0.352 e. The van der Waals surface area contributed by atoms with E-state index in [1.165, 1.54) is 22.0 Å². The fourth-order valence-electron chi connectivity index (χ4n) is 2.92. The molecule has 1 aromatic heterocycles. The van der Waals surface area contributed by atoms with Crippen LogP contribution in [-0.2, 0) is 19.2 Å². The van der Waals surface area contributed by atoms with Crippen molar-refractivity contribution >= 4 is 51.7 Å². The first-order chi connectivity index (χ1) is 14.4. The van der Waals surface area contributed by atoms with Gasteiger partial charge in [0.25, 0.3) is 11.8 Å². The standard InChI is InChI=1S/C18H17N5O5S2/c1-3-5-9-7-29-16-12(15(25)23(16)13(9)17(26)27)21-14(24)11(22-28-6-4-2)10-8-30-18(19)20-10/h2-3,5,8,12,16H,6-7H2,1H3,(H2,19,20)(H,21,24)(H,26,27)/t12-,16+/m1/s1. The summed E-state index contributed by atoms with van der Waals surface area (Å²) >= 11 is 2.46. The number of carbonyl (C=O) groups is 3. The maximum atomic E-state index is 12.8. The zero-order valence-corrected chi connectivity index (χ0v) is 17.3. The van der Waals surface area contributed by atoms with Gasteiger partial charge in [-0.1, -0.05) is 23.2 Å². The summed E-state index contributed by atoms with van der Waals surface area (Å²) in [6.07, 6.45) is 8.49. The number of allylic oxidation sites excluding steroid dienone is 2. The first-order valence-corrected chi connectivity index (χ1v) is 10.5. The van der Waals surface area contributed by atoms with Gasteiger partial charge in [0.15, 0.2) is 17.5 Å². The Bertz CT molecular complexity index is 1020. The molecule has 1 saturated heterocycles. The molecule has 0 aliphatic carbocycles. The summed E-state index contributed by atoms with van der Waals surface area (Å²) in [7, 11) is 0. The van der Waals surface area contributed by atoms with Gasteiger partial charge >= 0.3 is 5.97 Å². The van der Waals surface area contributed by atoms with E-state index in [0.717, 1.165) is 11.3 Å². The SMILES string of the molecule is C#CCON=C(C(=O)N[C@@H]1C(=O)N2C(C(=O)O)=C(C=CC)CS[C@@H]12)c1csc(N)n1. The number of oxime groups is 1. The van der Waals surface area contributed by atoms with Gasteiger partial charge in [0.05, 0.1) is 0 Å². The van der Waals surface area contributed by atoms with Gasteiger partial charge < -0.3 is 21.0 Å². The zero-order chi connectivity index (χ0) is 21.8. The van der Waals surface area contributed by atoms with Crippen LogP contribution in [0.15, 0.2) is 34.0 Å². The molecular weight excluding hydrogens is 430 g/mol. The van der Waals surface area contributed by atoms with E-state index in [4.69, 9.17) is 17.0 Å². The molecule has 1 fully saturated rings. The number of aliphatic carboxylic acids is 1. The zero-order valence-electron chi connectivity index (χ0n) is 15.7. The van der Waals surface area contributed by atoms with Gasteiger partial charge in [-0.2, -0.15) is 0 Å². The molecule has 0 spiro atoms. The van der Waals surface area contributed by atoms with Gasteiger partial charge in [-0.25, -0.2) is 9.78 Å². The largest absolute Gasteiger partial charge is 0.477 e. The highest BCUT2D eigenvalue weighted by Crippen LogP contribution is 2.40. The number of terminal acetylenes is 1. The lowest BCUT2D eigenvalue weighted by Gasteiger charge is -2.49. The number of aromatic nitrogens is 1. The molecule has 0 saturated carbocycles. The van der Waals surface area contributed by atoms with Crippen molar-refractivity contribution in [1.82, 2.24) is 15.2 Å². The van der Waals surface area contributed by atoms with Crippen molar-refractivity contribution in [2.24, 2.45) is 5.16 Å². The van der Waals surface area contributed by atoms with Crippen LogP contribution in [0.5, 0.6) is 0 Å². The minimum absolute atomic E-state index is 0.0779. The van der Waals surface area contributed by atoms with Crippen LogP contribution in [-0.4, -0.2) is 62.3 Å². The summed E-state index contributed by atoms with van der Waals surface area (Å²) < 4.78 is 0. The van der Waals surface area contributed by atoms with Gasteiger partial charge in [-0.3, -0.25) is 14.5 Å². The number of rotatable bonds is 7. The lowest BCUT2D eigenvalue weighted by molar-refractivity contribution is -0.150. The maximum absolute atomic E-state index is 12.8. The van der Waals surface area contributed by atoms with Gasteiger partial charge in [-0.15, -0.1) is 29.5 Å². The molecule has 3 rings (SSSR count). The summed E-state index contributed by atoms with van der Waals surface area (Å²) in [6.45, 7) is 1.60. The first-order valence-electron chi connectivity index (χ1n) is 8.58. The predicted molar refractivity (Wildman–Crippen MR) is 112 cm³/mol. The summed E-state index contributed by atoms with van der Waals surface area (Å²) in [6, 6.07) is -0.919. The molecule has 1 aromatic rings. The van der Waals surface area contributed by atoms with E-state index in [1.807, 2.05) is 0 Å². The lowest BCUT2D eigenvalue weighted by Crippen LogP contribution is -2.71. The third-order valence-electron chi connectivity index (χ3n) is 4.14. The molecule has 0 unspecified atom stereocenters. The number of amides is 2. The third kappa shape index (κ3) is 4.03. The Balaban J connectivity index is 1.80. The van der Waals surface area contributed by atoms with Crippen molar-refractivity contribution in [3.63, 3.8) is 0 Å². The Morgan fingerprint density at radius 2 is 2.37 bits per heavy atom. The van der Waals surface area contributed by atoms with E-state index in [9.17, 15) is 19.5 Å². The normalized spacial score (nSPS) is 21.1. The number of hydrogen-bond acceptors (Lipinski definition) is 9. The van der Waals surface area contributed by atoms with Crippen LogP contribution in [0, 0.1) is 12.3 Å². The molecule has 2 atom stereocenters. The summed E-state index contributed by atoms with van der Waals surface area (Å²) in [4.78, 5) is 47.2. The van der Waals surface area contributed by atoms with Crippen LogP contribution in [0.3, 0.4) is 0 Å². The number of fused-ring (bicyclic) bond motifs is 1. The highest BCUT2D eigenvalue weighted by Gasteiger charge is 2.54. The van der Waals surface area contributed by atoms with E-state index in [1.54, 1.807) is 19.1 Å². The highest BCUT2D eigenvalue weighted by atomic mass is 32.2. The molecule has 12 heteroatoms. The van der Waals surface area contributed by atoms with Crippen molar-refractivity contribution < 1.29 is 24.3 Å². The molecule has 4 N–H and O–H groups in total. The Hall–Kier alpha value is -3.30. The Morgan fingerprint density at radius 3 is 2.97 bits per heavy atom. The van der Waals surface area contributed by atoms with Gasteiger partial charge in [0, 0.05) is 11.1 Å². The molecular formula is C18H17N5O5S2. The van der Waals surface area contributed by atoms with Crippen LogP contribution >= 0.6 is 23.1 Å². The average molecular weight is 447 g/mol. The van der Waals surface area contributed by atoms with Crippen molar-refractivity contribution in [2.75, 3.05) is 18.1 Å². The Kier molecular flexibility index (Phi) is 6.43. The number of nitrogens with zero attached hydrogens (tertiary/aromatic N) is 3. The number of nitrogens with two attached hydrogens (primary N) is 1. The minimum atomic E-state index is -1.20. The number of nitrogen functional groups attached to an aromatic ring is 1. The fourth-order valence-corrected chi connectivity index (χ4v) is 4.78. The van der Waals surface area contributed by atoms with Gasteiger partial charge in [-0.05, 0) is 12.5 Å². The van der Waals surface area contributed by atoms with E-state index in [-0.39, 0.29) is 28.8 Å². The number of thioether (sulfide) groups is 1. The topological polar surface area (TPSA) is 147 Å². The van der Waals surface area contributed by atoms with Crippen LogP contribution < -0.4 is 11.1 Å². The predicted octanol–water partition coefficient (Wildman–Crippen LogP) is 0.394. The first kappa shape index (κ1) is 21.4. The second-order valence-electron chi connectivity index (χ2n) is 6.03. The molecule has 2 aliphatic rings. The molecule has 30 heavy (non-hydrogen) atoms. The van der Waals surface area contributed by atoms with Crippen LogP contribution in [0.25, 0.3) is 0 Å². The van der Waals surface area contributed by atoms with Crippen molar-refractivity contribution in [3.05, 3.63) is 34.5 Å². The van der Waals surface area contributed by atoms with E-state index < -0.39 is 29.2 Å². The summed E-state index contributed by atoms with van der Waals surface area (Å²) in [5.74, 6) is 0.175. The second kappa shape index (κ2) is 9.02. The average Bonchev–Trinajstić information content (AvgIpc) is 3.14. The third-order valence-corrected chi connectivity index (χ3v) is 6.11. The Morgan fingerprint density at radius 1 is 1.60 bits per heavy atom. The van der Waals surface area contributed by atoms with E-state index in [2.05, 4.69) is 21.4 Å². The van der Waals surface area contributed by atoms with E-state index >= 15 is 0 Å². The second-order valence-corrected chi connectivity index (χ2v) is 8.02. The monoisotopic (exact) mass is 447 g/mol. The number of nitrogens with one attached hydrogen (secondary N) is 1. The summed E-state index contributed by atoms with van der Waals surface area (Å²) in [5, 5.41) is 17.1. The molecule has 0 bridgehead atoms. The lowest BCUT2D eigenvalue weighted by atomic mass is 10.0. The molecule has 0 radical (unpaired) electrons.